The summed E-state index contributed by atoms with van der Waals surface area (Å²) in [6.07, 6.45) is 2.18. The third kappa shape index (κ3) is 3.67. The van der Waals surface area contributed by atoms with Gasteiger partial charge in [0.1, 0.15) is 12.1 Å². The first kappa shape index (κ1) is 14.9. The number of amides is 1. The molecule has 1 N–H and O–H groups in total. The second kappa shape index (κ2) is 6.72. The number of rotatable bonds is 6. The molecule has 0 aliphatic rings. The number of hydrogen-bond acceptors (Lipinski definition) is 4. The van der Waals surface area contributed by atoms with Gasteiger partial charge in [-0.3, -0.25) is 9.59 Å². The summed E-state index contributed by atoms with van der Waals surface area (Å²) in [6, 6.07) is 3.02. The Bertz CT molecular complexity index is 462. The average molecular weight is 266 g/mol. The Hall–Kier alpha value is -2.11. The van der Waals surface area contributed by atoms with Crippen LogP contribution in [-0.4, -0.2) is 46.6 Å². The van der Waals surface area contributed by atoms with E-state index in [2.05, 4.69) is 4.98 Å². The second-order valence-corrected chi connectivity index (χ2v) is 4.14. The highest BCUT2D eigenvalue weighted by Crippen LogP contribution is 2.18. The van der Waals surface area contributed by atoms with Crippen LogP contribution in [0.25, 0.3) is 0 Å². The molecule has 6 nitrogen and oxygen atoms in total. The van der Waals surface area contributed by atoms with Crippen molar-refractivity contribution in [1.29, 1.82) is 0 Å². The van der Waals surface area contributed by atoms with E-state index >= 15 is 0 Å². The van der Waals surface area contributed by atoms with Crippen molar-refractivity contribution >= 4 is 11.9 Å². The summed E-state index contributed by atoms with van der Waals surface area (Å²) < 4.78 is 5.03. The van der Waals surface area contributed by atoms with E-state index in [1.165, 1.54) is 18.2 Å². The highest BCUT2D eigenvalue weighted by Gasteiger charge is 2.25. The number of aliphatic carboxylic acids is 1. The number of carbonyl (C=O) groups is 2. The van der Waals surface area contributed by atoms with Gasteiger partial charge in [-0.2, -0.15) is 0 Å². The van der Waals surface area contributed by atoms with Gasteiger partial charge in [-0.25, -0.2) is 4.98 Å². The van der Waals surface area contributed by atoms with Crippen molar-refractivity contribution in [2.24, 2.45) is 0 Å². The lowest BCUT2D eigenvalue weighted by Gasteiger charge is -2.27. The van der Waals surface area contributed by atoms with Gasteiger partial charge in [0.25, 0.3) is 5.91 Å². The van der Waals surface area contributed by atoms with E-state index in [1.54, 1.807) is 12.1 Å². The largest absolute Gasteiger partial charge is 0.480 e. The number of hydrogen-bond donors (Lipinski definition) is 1. The average Bonchev–Trinajstić information content (AvgIpc) is 2.42. The maximum absolute atomic E-state index is 12.4. The molecule has 1 aromatic heterocycles. The molecule has 1 aromatic rings. The molecule has 0 aliphatic carbocycles. The van der Waals surface area contributed by atoms with Gasteiger partial charge < -0.3 is 14.7 Å². The standard InChI is InChI=1S/C13H18N2O4/c1-4-9(2)15(8-11(16)17)13(18)10-6-5-7-14-12(10)19-3/h5-7,9H,4,8H2,1-3H3,(H,16,17). The molecule has 6 heteroatoms. The maximum Gasteiger partial charge on any atom is 0.323 e. The molecule has 0 bridgehead atoms. The van der Waals surface area contributed by atoms with Crippen molar-refractivity contribution in [2.75, 3.05) is 13.7 Å². The summed E-state index contributed by atoms with van der Waals surface area (Å²) in [7, 11) is 1.42. The molecule has 0 fully saturated rings. The van der Waals surface area contributed by atoms with Gasteiger partial charge in [0, 0.05) is 12.2 Å². The summed E-state index contributed by atoms with van der Waals surface area (Å²) in [4.78, 5) is 28.5. The number of carboxylic acids is 1. The van der Waals surface area contributed by atoms with Gasteiger partial charge in [0.15, 0.2) is 0 Å². The smallest absolute Gasteiger partial charge is 0.323 e. The Morgan fingerprint density at radius 2 is 2.21 bits per heavy atom. The molecule has 1 amide bonds. The number of carboxylic acid groups (broad SMARTS) is 1. The number of ether oxygens (including phenoxy) is 1. The van der Waals surface area contributed by atoms with Crippen molar-refractivity contribution < 1.29 is 19.4 Å². The Morgan fingerprint density at radius 3 is 2.74 bits per heavy atom. The molecule has 1 heterocycles. The van der Waals surface area contributed by atoms with E-state index < -0.39 is 5.97 Å². The van der Waals surface area contributed by atoms with Crippen LogP contribution in [-0.2, 0) is 4.79 Å². The predicted octanol–water partition coefficient (Wildman–Crippen LogP) is 1.42. The Balaban J connectivity index is 3.08. The van der Waals surface area contributed by atoms with Crippen LogP contribution in [0.2, 0.25) is 0 Å². The molecule has 104 valence electrons. The normalized spacial score (nSPS) is 11.7. The van der Waals surface area contributed by atoms with Gasteiger partial charge in [0.2, 0.25) is 5.88 Å². The van der Waals surface area contributed by atoms with Crippen molar-refractivity contribution in [3.8, 4) is 5.88 Å². The Kier molecular flexibility index (Phi) is 5.29. The first-order valence-corrected chi connectivity index (χ1v) is 6.03. The van der Waals surface area contributed by atoms with Gasteiger partial charge in [-0.05, 0) is 25.5 Å². The van der Waals surface area contributed by atoms with E-state index in [0.29, 0.717) is 6.42 Å². The predicted molar refractivity (Wildman–Crippen MR) is 69.2 cm³/mol. The fourth-order valence-corrected chi connectivity index (χ4v) is 1.66. The van der Waals surface area contributed by atoms with Crippen molar-refractivity contribution in [1.82, 2.24) is 9.88 Å². The van der Waals surface area contributed by atoms with E-state index in [-0.39, 0.29) is 29.9 Å². The molecule has 1 unspecified atom stereocenters. The summed E-state index contributed by atoms with van der Waals surface area (Å²) >= 11 is 0. The SMILES string of the molecule is CCC(C)N(CC(=O)O)C(=O)c1cccnc1OC. The highest BCUT2D eigenvalue weighted by atomic mass is 16.5. The molecular formula is C13H18N2O4. The Morgan fingerprint density at radius 1 is 1.53 bits per heavy atom. The first-order chi connectivity index (χ1) is 9.01. The van der Waals surface area contributed by atoms with E-state index in [0.717, 1.165) is 0 Å². The monoisotopic (exact) mass is 266 g/mol. The van der Waals surface area contributed by atoms with Crippen LogP contribution in [0.5, 0.6) is 5.88 Å². The third-order valence-electron chi connectivity index (χ3n) is 2.88. The lowest BCUT2D eigenvalue weighted by Crippen LogP contribution is -2.42. The highest BCUT2D eigenvalue weighted by molar-refractivity contribution is 5.97. The molecule has 0 spiro atoms. The molecule has 0 radical (unpaired) electrons. The maximum atomic E-state index is 12.4. The van der Waals surface area contributed by atoms with Crippen LogP contribution in [0, 0.1) is 0 Å². The zero-order valence-corrected chi connectivity index (χ0v) is 11.3. The third-order valence-corrected chi connectivity index (χ3v) is 2.88. The number of aromatic nitrogens is 1. The van der Waals surface area contributed by atoms with Crippen LogP contribution >= 0.6 is 0 Å². The van der Waals surface area contributed by atoms with E-state index in [1.807, 2.05) is 13.8 Å². The minimum absolute atomic E-state index is 0.173. The van der Waals surface area contributed by atoms with E-state index in [9.17, 15) is 9.59 Å². The van der Waals surface area contributed by atoms with Crippen LogP contribution in [0.1, 0.15) is 30.6 Å². The van der Waals surface area contributed by atoms with E-state index in [4.69, 9.17) is 9.84 Å². The topological polar surface area (TPSA) is 79.7 Å². The fourth-order valence-electron chi connectivity index (χ4n) is 1.66. The minimum Gasteiger partial charge on any atom is -0.480 e. The fraction of sp³-hybridized carbons (Fsp3) is 0.462. The molecule has 19 heavy (non-hydrogen) atoms. The molecule has 0 aliphatic heterocycles. The van der Waals surface area contributed by atoms with Crippen molar-refractivity contribution in [2.45, 2.75) is 26.3 Å². The van der Waals surface area contributed by atoms with Gasteiger partial charge in [-0.15, -0.1) is 0 Å². The number of methoxy groups -OCH3 is 1. The van der Waals surface area contributed by atoms with Crippen molar-refractivity contribution in [3.05, 3.63) is 23.9 Å². The number of pyridine rings is 1. The summed E-state index contributed by atoms with van der Waals surface area (Å²) in [5, 5.41) is 8.91. The summed E-state index contributed by atoms with van der Waals surface area (Å²) in [5.74, 6) is -1.23. The van der Waals surface area contributed by atoms with Crippen LogP contribution in [0.15, 0.2) is 18.3 Å². The number of nitrogens with zero attached hydrogens (tertiary/aromatic N) is 2. The molecule has 0 saturated carbocycles. The summed E-state index contributed by atoms with van der Waals surface area (Å²) in [6.45, 7) is 3.36. The lowest BCUT2D eigenvalue weighted by molar-refractivity contribution is -0.138. The zero-order valence-electron chi connectivity index (χ0n) is 11.3. The van der Waals surface area contributed by atoms with Gasteiger partial charge >= 0.3 is 5.97 Å². The Labute approximate surface area is 112 Å². The minimum atomic E-state index is -1.04. The number of carbonyl (C=O) groups excluding carboxylic acids is 1. The van der Waals surface area contributed by atoms with Crippen LogP contribution in [0.4, 0.5) is 0 Å². The van der Waals surface area contributed by atoms with Crippen molar-refractivity contribution in [3.63, 3.8) is 0 Å². The van der Waals surface area contributed by atoms with Gasteiger partial charge in [-0.1, -0.05) is 6.92 Å². The lowest BCUT2D eigenvalue weighted by atomic mass is 10.1. The molecule has 1 rings (SSSR count). The summed E-state index contributed by atoms with van der Waals surface area (Å²) in [5.41, 5.74) is 0.270. The van der Waals surface area contributed by atoms with Gasteiger partial charge in [0.05, 0.1) is 7.11 Å². The zero-order chi connectivity index (χ0) is 14.4. The molecule has 1 atom stereocenters. The molecular weight excluding hydrogens is 248 g/mol. The molecule has 0 saturated heterocycles. The van der Waals surface area contributed by atoms with Crippen LogP contribution in [0.3, 0.4) is 0 Å². The molecule has 0 aromatic carbocycles. The quantitative estimate of drug-likeness (QED) is 0.842. The second-order valence-electron chi connectivity index (χ2n) is 4.14. The first-order valence-electron chi connectivity index (χ1n) is 6.03. The van der Waals surface area contributed by atoms with Crippen LogP contribution < -0.4 is 4.74 Å².